The van der Waals surface area contributed by atoms with Gasteiger partial charge in [0.05, 0.1) is 0 Å². The molecule has 1 aromatic rings. The van der Waals surface area contributed by atoms with Crippen LogP contribution in [0.3, 0.4) is 0 Å². The highest BCUT2D eigenvalue weighted by atomic mass is 16.6. The molecule has 0 aliphatic rings. The van der Waals surface area contributed by atoms with Gasteiger partial charge in [0.1, 0.15) is 16.9 Å². The highest BCUT2D eigenvalue weighted by molar-refractivity contribution is 5.91. The number of aromatic carboxylic acids is 1. The van der Waals surface area contributed by atoms with Crippen molar-refractivity contribution in [2.75, 3.05) is 6.73 Å². The molecule has 0 atom stereocenters. The van der Waals surface area contributed by atoms with Gasteiger partial charge in [0, 0.05) is 0 Å². The van der Waals surface area contributed by atoms with Crippen LogP contribution in [0, 0.1) is 6.92 Å². The molecule has 0 aromatic heterocycles. The van der Waals surface area contributed by atoms with Crippen LogP contribution in [0.25, 0.3) is 0 Å². The molecule has 6 heteroatoms. The second-order valence-corrected chi connectivity index (χ2v) is 5.27. The summed E-state index contributed by atoms with van der Waals surface area (Å²) in [6, 6.07) is 4.73. The summed E-state index contributed by atoms with van der Waals surface area (Å²) in [6.07, 6.45) is -0.623. The van der Waals surface area contributed by atoms with Crippen molar-refractivity contribution < 1.29 is 24.2 Å². The largest absolute Gasteiger partial charge is 0.478 e. The highest BCUT2D eigenvalue weighted by Gasteiger charge is 2.16. The van der Waals surface area contributed by atoms with Crippen LogP contribution in [0.2, 0.25) is 0 Å². The van der Waals surface area contributed by atoms with Gasteiger partial charge < -0.3 is 14.6 Å². The minimum Gasteiger partial charge on any atom is -0.478 e. The van der Waals surface area contributed by atoms with Crippen molar-refractivity contribution in [2.45, 2.75) is 33.3 Å². The molecule has 20 heavy (non-hydrogen) atoms. The number of hydrogen-bond acceptors (Lipinski definition) is 4. The Morgan fingerprint density at radius 3 is 2.50 bits per heavy atom. The van der Waals surface area contributed by atoms with E-state index in [0.29, 0.717) is 0 Å². The van der Waals surface area contributed by atoms with Crippen molar-refractivity contribution >= 4 is 12.1 Å². The number of rotatable bonds is 4. The Balaban J connectivity index is 2.60. The Labute approximate surface area is 117 Å². The SMILES string of the molecule is Cc1ccc(C(=O)O)c(OCNC(=O)OC(C)(C)C)c1. The normalized spacial score (nSPS) is 10.8. The standard InChI is InChI=1S/C14H19NO5/c1-9-5-6-10(12(16)17)11(7-9)19-8-15-13(18)20-14(2,3)4/h5-7H,8H2,1-4H3,(H,15,18)(H,16,17). The maximum absolute atomic E-state index is 11.4. The summed E-state index contributed by atoms with van der Waals surface area (Å²) in [5.74, 6) is -0.883. The Kier molecular flexibility index (Phi) is 4.96. The highest BCUT2D eigenvalue weighted by Crippen LogP contribution is 2.20. The van der Waals surface area contributed by atoms with Gasteiger partial charge in [-0.3, -0.25) is 5.32 Å². The molecule has 0 saturated heterocycles. The van der Waals surface area contributed by atoms with E-state index in [0.717, 1.165) is 5.56 Å². The number of aryl methyl sites for hydroxylation is 1. The number of carbonyl (C=O) groups is 2. The smallest absolute Gasteiger partial charge is 0.410 e. The number of amides is 1. The van der Waals surface area contributed by atoms with E-state index < -0.39 is 17.7 Å². The molecule has 1 rings (SSSR count). The number of nitrogens with one attached hydrogen (secondary N) is 1. The molecule has 0 bridgehead atoms. The molecule has 0 radical (unpaired) electrons. The number of ether oxygens (including phenoxy) is 2. The lowest BCUT2D eigenvalue weighted by molar-refractivity contribution is 0.0485. The summed E-state index contributed by atoms with van der Waals surface area (Å²) in [7, 11) is 0. The minimum absolute atomic E-state index is 0.0431. The number of carbonyl (C=O) groups excluding carboxylic acids is 1. The molecule has 0 fully saturated rings. The Bertz CT molecular complexity index is 505. The molecule has 0 unspecified atom stereocenters. The predicted molar refractivity (Wildman–Crippen MR) is 73.0 cm³/mol. The van der Waals surface area contributed by atoms with Gasteiger partial charge in [-0.25, -0.2) is 9.59 Å². The zero-order valence-corrected chi connectivity index (χ0v) is 12.0. The minimum atomic E-state index is -1.09. The second-order valence-electron chi connectivity index (χ2n) is 5.27. The van der Waals surface area contributed by atoms with Crippen molar-refractivity contribution in [3.8, 4) is 5.75 Å². The monoisotopic (exact) mass is 281 g/mol. The zero-order chi connectivity index (χ0) is 15.3. The van der Waals surface area contributed by atoms with Crippen LogP contribution in [-0.4, -0.2) is 29.5 Å². The summed E-state index contributed by atoms with van der Waals surface area (Å²) in [6.45, 7) is 6.89. The van der Waals surface area contributed by atoms with E-state index in [1.807, 2.05) is 6.92 Å². The van der Waals surface area contributed by atoms with Crippen molar-refractivity contribution in [3.63, 3.8) is 0 Å². The number of alkyl carbamates (subject to hydrolysis) is 1. The van der Waals surface area contributed by atoms with E-state index in [2.05, 4.69) is 5.32 Å². The average Bonchev–Trinajstić information content (AvgIpc) is 2.26. The molecule has 0 saturated carbocycles. The van der Waals surface area contributed by atoms with E-state index in [-0.39, 0.29) is 18.0 Å². The summed E-state index contributed by atoms with van der Waals surface area (Å²) >= 11 is 0. The van der Waals surface area contributed by atoms with Crippen LogP contribution in [0.4, 0.5) is 4.79 Å². The zero-order valence-electron chi connectivity index (χ0n) is 12.0. The van der Waals surface area contributed by atoms with Crippen LogP contribution in [0.1, 0.15) is 36.7 Å². The van der Waals surface area contributed by atoms with Gasteiger partial charge in [-0.15, -0.1) is 0 Å². The van der Waals surface area contributed by atoms with E-state index in [4.69, 9.17) is 14.6 Å². The predicted octanol–water partition coefficient (Wildman–Crippen LogP) is 2.55. The summed E-state index contributed by atoms with van der Waals surface area (Å²) in [4.78, 5) is 22.4. The van der Waals surface area contributed by atoms with Gasteiger partial charge in [0.15, 0.2) is 6.73 Å². The van der Waals surface area contributed by atoms with Gasteiger partial charge in [-0.1, -0.05) is 6.07 Å². The Morgan fingerprint density at radius 1 is 1.30 bits per heavy atom. The quantitative estimate of drug-likeness (QED) is 0.828. The molecule has 2 N–H and O–H groups in total. The van der Waals surface area contributed by atoms with Gasteiger partial charge in [0.25, 0.3) is 0 Å². The first-order valence-corrected chi connectivity index (χ1v) is 6.12. The molecule has 0 aliphatic carbocycles. The first-order chi connectivity index (χ1) is 9.19. The van der Waals surface area contributed by atoms with Crippen molar-refractivity contribution in [1.82, 2.24) is 5.32 Å². The second kappa shape index (κ2) is 6.27. The molecule has 0 aliphatic heterocycles. The summed E-state index contributed by atoms with van der Waals surface area (Å²) < 4.78 is 10.3. The van der Waals surface area contributed by atoms with Crippen molar-refractivity contribution in [2.24, 2.45) is 0 Å². The third-order valence-corrected chi connectivity index (χ3v) is 2.21. The van der Waals surface area contributed by atoms with Gasteiger partial charge in [0.2, 0.25) is 0 Å². The molecule has 0 heterocycles. The molecule has 1 amide bonds. The summed E-state index contributed by atoms with van der Waals surface area (Å²) in [5, 5.41) is 11.4. The lowest BCUT2D eigenvalue weighted by Crippen LogP contribution is -2.34. The lowest BCUT2D eigenvalue weighted by Gasteiger charge is -2.19. The topological polar surface area (TPSA) is 84.9 Å². The molecule has 1 aromatic carbocycles. The maximum atomic E-state index is 11.4. The van der Waals surface area contributed by atoms with Crippen LogP contribution in [0.15, 0.2) is 18.2 Å². The van der Waals surface area contributed by atoms with Crippen LogP contribution < -0.4 is 10.1 Å². The Morgan fingerprint density at radius 2 is 1.95 bits per heavy atom. The van der Waals surface area contributed by atoms with E-state index in [1.165, 1.54) is 6.07 Å². The number of carboxylic acid groups (broad SMARTS) is 1. The Hall–Kier alpha value is -2.24. The first kappa shape index (κ1) is 15.8. The fourth-order valence-corrected chi connectivity index (χ4v) is 1.41. The number of hydrogen-bond donors (Lipinski definition) is 2. The van der Waals surface area contributed by atoms with Gasteiger partial charge >= 0.3 is 12.1 Å². The molecule has 0 spiro atoms. The third kappa shape index (κ3) is 5.17. The fraction of sp³-hybridized carbons (Fsp3) is 0.429. The van der Waals surface area contributed by atoms with E-state index in [1.54, 1.807) is 32.9 Å². The molecular weight excluding hydrogens is 262 g/mol. The maximum Gasteiger partial charge on any atom is 0.410 e. The number of carboxylic acids is 1. The van der Waals surface area contributed by atoms with Crippen LogP contribution in [0.5, 0.6) is 5.75 Å². The molecular formula is C14H19NO5. The third-order valence-electron chi connectivity index (χ3n) is 2.21. The van der Waals surface area contributed by atoms with Crippen molar-refractivity contribution in [1.29, 1.82) is 0 Å². The van der Waals surface area contributed by atoms with Gasteiger partial charge in [-0.2, -0.15) is 0 Å². The lowest BCUT2D eigenvalue weighted by atomic mass is 10.1. The number of benzene rings is 1. The van der Waals surface area contributed by atoms with Crippen LogP contribution in [-0.2, 0) is 4.74 Å². The van der Waals surface area contributed by atoms with Crippen molar-refractivity contribution in [3.05, 3.63) is 29.3 Å². The van der Waals surface area contributed by atoms with E-state index >= 15 is 0 Å². The van der Waals surface area contributed by atoms with Crippen LogP contribution >= 0.6 is 0 Å². The van der Waals surface area contributed by atoms with Gasteiger partial charge in [-0.05, 0) is 45.4 Å². The average molecular weight is 281 g/mol. The van der Waals surface area contributed by atoms with E-state index in [9.17, 15) is 9.59 Å². The fourth-order valence-electron chi connectivity index (χ4n) is 1.41. The molecule has 110 valence electrons. The first-order valence-electron chi connectivity index (χ1n) is 6.12. The summed E-state index contributed by atoms with van der Waals surface area (Å²) in [5.41, 5.74) is 0.309. The molecule has 6 nitrogen and oxygen atoms in total.